The van der Waals surface area contributed by atoms with Gasteiger partial charge in [-0.3, -0.25) is 4.79 Å². The lowest BCUT2D eigenvalue weighted by Crippen LogP contribution is -2.21. The number of rotatable bonds is 2. The fourth-order valence-corrected chi connectivity index (χ4v) is 1.07. The molecule has 0 amide bonds. The van der Waals surface area contributed by atoms with Gasteiger partial charge in [-0.25, -0.2) is 0 Å². The minimum absolute atomic E-state index is 0.671. The van der Waals surface area contributed by atoms with Crippen LogP contribution in [0.2, 0.25) is 0 Å². The zero-order valence-corrected chi connectivity index (χ0v) is 6.82. The first kappa shape index (κ1) is 8.74. The summed E-state index contributed by atoms with van der Waals surface area (Å²) in [5.74, 6) is -0.996. The van der Waals surface area contributed by atoms with Crippen molar-refractivity contribution in [3.63, 3.8) is 0 Å². The highest BCUT2D eigenvalue weighted by molar-refractivity contribution is 5.75. The monoisotopic (exact) mass is 165 g/mol. The van der Waals surface area contributed by atoms with Gasteiger partial charge in [-0.1, -0.05) is 24.3 Å². The Kier molecular flexibility index (Phi) is 2.45. The smallest absolute Gasteiger partial charge is 0.325 e. The fraction of sp³-hybridized carbons (Fsp3) is 0.222. The Labute approximate surface area is 70.8 Å². The lowest BCUT2D eigenvalue weighted by molar-refractivity contribution is -0.138. The molecule has 12 heavy (non-hydrogen) atoms. The quantitative estimate of drug-likeness (QED) is 0.689. The fourth-order valence-electron chi connectivity index (χ4n) is 1.07. The molecule has 0 aromatic heterocycles. The molecule has 3 N–H and O–H groups in total. The molecular formula is C9H11NO2. The molecule has 1 aromatic carbocycles. The van der Waals surface area contributed by atoms with Crippen molar-refractivity contribution in [2.24, 2.45) is 5.73 Å². The molecule has 0 unspecified atom stereocenters. The summed E-state index contributed by atoms with van der Waals surface area (Å²) in [6, 6.07) is 6.30. The van der Waals surface area contributed by atoms with Crippen molar-refractivity contribution >= 4 is 5.97 Å². The maximum absolute atomic E-state index is 10.5. The van der Waals surface area contributed by atoms with Gasteiger partial charge >= 0.3 is 5.97 Å². The summed E-state index contributed by atoms with van der Waals surface area (Å²) in [5, 5.41) is 8.63. The van der Waals surface area contributed by atoms with E-state index < -0.39 is 12.0 Å². The molecule has 0 saturated carbocycles. The first-order chi connectivity index (χ1) is 5.63. The standard InChI is InChI=1S/C9H11NO2/c1-6-4-2-3-5-7(6)8(10)9(11)12/h2-5,8H,10H2,1H3,(H,11,12)/t8-/m0/s1. The van der Waals surface area contributed by atoms with E-state index >= 15 is 0 Å². The van der Waals surface area contributed by atoms with Crippen LogP contribution in [0.1, 0.15) is 17.2 Å². The molecule has 0 heterocycles. The summed E-state index contributed by atoms with van der Waals surface area (Å²) >= 11 is 0. The first-order valence-electron chi connectivity index (χ1n) is 3.67. The van der Waals surface area contributed by atoms with E-state index in [2.05, 4.69) is 0 Å². The van der Waals surface area contributed by atoms with Crippen LogP contribution in [-0.2, 0) is 4.79 Å². The predicted molar refractivity (Wildman–Crippen MR) is 45.7 cm³/mol. The molecule has 0 fully saturated rings. The molecule has 1 aromatic rings. The Morgan fingerprint density at radius 3 is 2.58 bits per heavy atom. The molecule has 0 spiro atoms. The normalized spacial score (nSPS) is 12.5. The van der Waals surface area contributed by atoms with Crippen molar-refractivity contribution in [1.29, 1.82) is 0 Å². The van der Waals surface area contributed by atoms with Gasteiger partial charge in [-0.2, -0.15) is 0 Å². The lowest BCUT2D eigenvalue weighted by Gasteiger charge is -2.08. The zero-order valence-electron chi connectivity index (χ0n) is 6.82. The van der Waals surface area contributed by atoms with Gasteiger partial charge in [0, 0.05) is 0 Å². The van der Waals surface area contributed by atoms with E-state index in [-0.39, 0.29) is 0 Å². The molecule has 0 aliphatic carbocycles. The summed E-state index contributed by atoms with van der Waals surface area (Å²) in [4.78, 5) is 10.5. The maximum Gasteiger partial charge on any atom is 0.325 e. The third-order valence-corrected chi connectivity index (χ3v) is 1.79. The Hall–Kier alpha value is -1.35. The highest BCUT2D eigenvalue weighted by Crippen LogP contribution is 2.14. The van der Waals surface area contributed by atoms with Gasteiger partial charge in [0.2, 0.25) is 0 Å². The summed E-state index contributed by atoms with van der Waals surface area (Å²) in [6.07, 6.45) is 0. The van der Waals surface area contributed by atoms with E-state index in [9.17, 15) is 4.79 Å². The minimum Gasteiger partial charge on any atom is -0.480 e. The summed E-state index contributed by atoms with van der Waals surface area (Å²) in [5.41, 5.74) is 7.02. The molecular weight excluding hydrogens is 154 g/mol. The second-order valence-electron chi connectivity index (χ2n) is 2.67. The number of hydrogen-bond acceptors (Lipinski definition) is 2. The van der Waals surface area contributed by atoms with Crippen molar-refractivity contribution in [2.45, 2.75) is 13.0 Å². The number of hydrogen-bond donors (Lipinski definition) is 2. The molecule has 3 nitrogen and oxygen atoms in total. The molecule has 64 valence electrons. The summed E-state index contributed by atoms with van der Waals surface area (Å²) in [6.45, 7) is 1.85. The van der Waals surface area contributed by atoms with Crippen molar-refractivity contribution < 1.29 is 9.90 Å². The van der Waals surface area contributed by atoms with Crippen LogP contribution in [0.4, 0.5) is 0 Å². The highest BCUT2D eigenvalue weighted by atomic mass is 16.4. The first-order valence-corrected chi connectivity index (χ1v) is 3.67. The second kappa shape index (κ2) is 3.36. The van der Waals surface area contributed by atoms with Gasteiger partial charge < -0.3 is 10.8 Å². The van der Waals surface area contributed by atoms with Crippen molar-refractivity contribution in [3.05, 3.63) is 35.4 Å². The van der Waals surface area contributed by atoms with Crippen molar-refractivity contribution in [2.75, 3.05) is 0 Å². The van der Waals surface area contributed by atoms with Crippen LogP contribution < -0.4 is 5.73 Å². The van der Waals surface area contributed by atoms with Gasteiger partial charge in [-0.15, -0.1) is 0 Å². The average molecular weight is 165 g/mol. The number of nitrogens with two attached hydrogens (primary N) is 1. The molecule has 1 rings (SSSR count). The van der Waals surface area contributed by atoms with E-state index in [1.54, 1.807) is 12.1 Å². The highest BCUT2D eigenvalue weighted by Gasteiger charge is 2.14. The van der Waals surface area contributed by atoms with E-state index in [0.717, 1.165) is 5.56 Å². The number of carboxylic acid groups (broad SMARTS) is 1. The Morgan fingerprint density at radius 1 is 1.50 bits per heavy atom. The van der Waals surface area contributed by atoms with Crippen LogP contribution >= 0.6 is 0 Å². The molecule has 0 saturated heterocycles. The van der Waals surface area contributed by atoms with Gasteiger partial charge in [0.05, 0.1) is 0 Å². The number of aryl methyl sites for hydroxylation is 1. The van der Waals surface area contributed by atoms with Gasteiger partial charge in [-0.05, 0) is 18.1 Å². The predicted octanol–water partition coefficient (Wildman–Crippen LogP) is 1.08. The van der Waals surface area contributed by atoms with Crippen LogP contribution in [-0.4, -0.2) is 11.1 Å². The van der Waals surface area contributed by atoms with Crippen molar-refractivity contribution in [3.8, 4) is 0 Å². The van der Waals surface area contributed by atoms with E-state index in [4.69, 9.17) is 10.8 Å². The Morgan fingerprint density at radius 2 is 2.08 bits per heavy atom. The Bertz CT molecular complexity index is 296. The maximum atomic E-state index is 10.5. The number of carbonyl (C=O) groups is 1. The molecule has 0 radical (unpaired) electrons. The van der Waals surface area contributed by atoms with Crippen LogP contribution in [0.15, 0.2) is 24.3 Å². The lowest BCUT2D eigenvalue weighted by atomic mass is 10.0. The van der Waals surface area contributed by atoms with E-state index in [1.165, 1.54) is 0 Å². The molecule has 0 aliphatic heterocycles. The number of benzene rings is 1. The van der Waals surface area contributed by atoms with Crippen LogP contribution in [0.3, 0.4) is 0 Å². The third-order valence-electron chi connectivity index (χ3n) is 1.79. The zero-order chi connectivity index (χ0) is 9.14. The van der Waals surface area contributed by atoms with Crippen LogP contribution in [0.25, 0.3) is 0 Å². The topological polar surface area (TPSA) is 63.3 Å². The molecule has 0 bridgehead atoms. The summed E-state index contributed by atoms with van der Waals surface area (Å²) < 4.78 is 0. The Balaban J connectivity index is 3.02. The largest absolute Gasteiger partial charge is 0.480 e. The summed E-state index contributed by atoms with van der Waals surface area (Å²) in [7, 11) is 0. The average Bonchev–Trinajstić information content (AvgIpc) is 2.04. The van der Waals surface area contributed by atoms with Gasteiger partial charge in [0.25, 0.3) is 0 Å². The van der Waals surface area contributed by atoms with Crippen LogP contribution in [0, 0.1) is 6.92 Å². The van der Waals surface area contributed by atoms with E-state index in [0.29, 0.717) is 5.56 Å². The number of aliphatic carboxylic acids is 1. The van der Waals surface area contributed by atoms with Crippen molar-refractivity contribution in [1.82, 2.24) is 0 Å². The minimum atomic E-state index is -0.996. The van der Waals surface area contributed by atoms with Gasteiger partial charge in [0.1, 0.15) is 6.04 Å². The molecule has 1 atom stereocenters. The molecule has 0 aliphatic rings. The molecule has 3 heteroatoms. The van der Waals surface area contributed by atoms with Gasteiger partial charge in [0.15, 0.2) is 0 Å². The van der Waals surface area contributed by atoms with E-state index in [1.807, 2.05) is 19.1 Å². The SMILES string of the molecule is Cc1ccccc1[C@H](N)C(=O)O. The van der Waals surface area contributed by atoms with Crippen LogP contribution in [0.5, 0.6) is 0 Å². The second-order valence-corrected chi connectivity index (χ2v) is 2.67. The number of carboxylic acids is 1. The third kappa shape index (κ3) is 1.62.